The molecule has 5 aliphatic rings. The first kappa shape index (κ1) is 26.4. The first-order chi connectivity index (χ1) is 19.2. The zero-order chi connectivity index (χ0) is 27.8. The smallest absolute Gasteiger partial charge is 0.246 e. The van der Waals surface area contributed by atoms with Crippen LogP contribution < -0.4 is 4.74 Å². The first-order valence-electron chi connectivity index (χ1n) is 14.9. The van der Waals surface area contributed by atoms with Crippen LogP contribution in [0.1, 0.15) is 62.6 Å². The number of hydrogen-bond donors (Lipinski definition) is 2. The highest BCUT2D eigenvalue weighted by molar-refractivity contribution is 6.30. The molecule has 1 saturated heterocycles. The standard InChI is InChI=1S/C33H39ClN2O4/c1-20(2)18-36(28(38)11-8-21-4-3-5-24(34)16-21)25-12-13-33(39)27-17-23-9-10-26(37)30-29(23)32(33,31(25)40-30)14-15-35(27)19-22-6-7-22/h3-5,8-11,16,20,22,25,27,31,37,39H,6-7,12-15,17-19H2,1-2H3/b11-8+/t25?,27-,31?,32+,33-/m1/s1. The fraction of sp³-hybridized carbons (Fsp3) is 0.545. The highest BCUT2D eigenvalue weighted by atomic mass is 35.5. The van der Waals surface area contributed by atoms with Gasteiger partial charge in [-0.15, -0.1) is 0 Å². The Balaban J connectivity index is 1.28. The van der Waals surface area contributed by atoms with Crippen LogP contribution in [0.4, 0.5) is 0 Å². The van der Waals surface area contributed by atoms with Crippen molar-refractivity contribution >= 4 is 23.6 Å². The number of aromatic hydroxyl groups is 1. The number of phenolic OH excluding ortho intramolecular Hbond substituents is 1. The lowest BCUT2D eigenvalue weighted by Gasteiger charge is -2.65. The maximum absolute atomic E-state index is 13.9. The molecule has 2 unspecified atom stereocenters. The summed E-state index contributed by atoms with van der Waals surface area (Å²) in [4.78, 5) is 18.4. The van der Waals surface area contributed by atoms with Gasteiger partial charge in [0.2, 0.25) is 5.91 Å². The molecule has 2 aromatic carbocycles. The second-order valence-corrected chi connectivity index (χ2v) is 13.6. The highest BCUT2D eigenvalue weighted by Crippen LogP contribution is 2.66. The van der Waals surface area contributed by atoms with E-state index in [-0.39, 0.29) is 29.7 Å². The molecule has 3 fully saturated rings. The number of phenols is 1. The van der Waals surface area contributed by atoms with Crippen LogP contribution in [0.25, 0.3) is 6.08 Å². The SMILES string of the molecule is CC(C)CN(C(=O)/C=C/c1cccc(Cl)c1)C1CC[C@@]2(O)[C@H]3Cc4ccc(O)c5c4[C@@]2(CCN3CC2CC2)C1O5. The van der Waals surface area contributed by atoms with Crippen molar-refractivity contribution in [2.75, 3.05) is 19.6 Å². The molecule has 7 rings (SSSR count). The minimum absolute atomic E-state index is 0.0221. The highest BCUT2D eigenvalue weighted by Gasteiger charge is 2.73. The van der Waals surface area contributed by atoms with Crippen LogP contribution in [0.2, 0.25) is 5.02 Å². The predicted octanol–water partition coefficient (Wildman–Crippen LogP) is 5.18. The number of carbonyl (C=O) groups excluding carboxylic acids is 1. The van der Waals surface area contributed by atoms with Crippen LogP contribution in [-0.4, -0.2) is 69.3 Å². The van der Waals surface area contributed by atoms with Gasteiger partial charge in [0, 0.05) is 35.8 Å². The lowest BCUT2D eigenvalue weighted by molar-refractivity contribution is -0.201. The van der Waals surface area contributed by atoms with Gasteiger partial charge in [0.25, 0.3) is 0 Å². The van der Waals surface area contributed by atoms with E-state index >= 15 is 0 Å². The fourth-order valence-electron chi connectivity index (χ4n) is 8.43. The Morgan fingerprint density at radius 2 is 2.05 bits per heavy atom. The van der Waals surface area contributed by atoms with E-state index in [1.807, 2.05) is 41.3 Å². The van der Waals surface area contributed by atoms with Gasteiger partial charge < -0.3 is 19.8 Å². The van der Waals surface area contributed by atoms with Crippen LogP contribution in [0.5, 0.6) is 11.5 Å². The average Bonchev–Trinajstić information content (AvgIpc) is 3.66. The Morgan fingerprint density at radius 3 is 2.80 bits per heavy atom. The number of hydrogen-bond acceptors (Lipinski definition) is 5. The van der Waals surface area contributed by atoms with Gasteiger partial charge in [0.1, 0.15) is 6.10 Å². The molecule has 2 heterocycles. The third kappa shape index (κ3) is 3.93. The van der Waals surface area contributed by atoms with Crippen LogP contribution in [0.15, 0.2) is 42.5 Å². The summed E-state index contributed by atoms with van der Waals surface area (Å²) in [5, 5.41) is 24.4. The molecule has 2 aliphatic heterocycles. The summed E-state index contributed by atoms with van der Waals surface area (Å²) in [6, 6.07) is 11.1. The lowest BCUT2D eigenvalue weighted by Crippen LogP contribution is -2.78. The Labute approximate surface area is 241 Å². The maximum Gasteiger partial charge on any atom is 0.246 e. The fourth-order valence-corrected chi connectivity index (χ4v) is 8.63. The number of amides is 1. The second-order valence-electron chi connectivity index (χ2n) is 13.2. The zero-order valence-corrected chi connectivity index (χ0v) is 24.1. The molecule has 6 nitrogen and oxygen atoms in total. The van der Waals surface area contributed by atoms with Crippen molar-refractivity contribution in [2.45, 2.75) is 81.6 Å². The third-order valence-corrected chi connectivity index (χ3v) is 10.5. The monoisotopic (exact) mass is 562 g/mol. The number of aliphatic hydroxyl groups is 1. The third-order valence-electron chi connectivity index (χ3n) is 10.2. The molecule has 3 aliphatic carbocycles. The summed E-state index contributed by atoms with van der Waals surface area (Å²) in [5.41, 5.74) is 1.44. The Bertz CT molecular complexity index is 1370. The maximum atomic E-state index is 13.9. The molecule has 2 bridgehead atoms. The van der Waals surface area contributed by atoms with Gasteiger partial charge in [-0.05, 0) is 92.3 Å². The van der Waals surface area contributed by atoms with Crippen molar-refractivity contribution in [1.29, 1.82) is 0 Å². The van der Waals surface area contributed by atoms with Crippen LogP contribution in [0, 0.1) is 11.8 Å². The summed E-state index contributed by atoms with van der Waals surface area (Å²) >= 11 is 6.17. The predicted molar refractivity (Wildman–Crippen MR) is 156 cm³/mol. The summed E-state index contributed by atoms with van der Waals surface area (Å²) in [6.07, 6.45) is 8.40. The summed E-state index contributed by atoms with van der Waals surface area (Å²) in [5.74, 6) is 1.59. The van der Waals surface area contributed by atoms with Crippen molar-refractivity contribution < 1.29 is 19.7 Å². The van der Waals surface area contributed by atoms with E-state index in [1.165, 1.54) is 18.4 Å². The number of rotatable bonds is 7. The largest absolute Gasteiger partial charge is 0.504 e. The molecule has 5 atom stereocenters. The van der Waals surface area contributed by atoms with Crippen molar-refractivity contribution in [3.05, 3.63) is 64.2 Å². The molecule has 40 heavy (non-hydrogen) atoms. The summed E-state index contributed by atoms with van der Waals surface area (Å²) < 4.78 is 6.74. The van der Waals surface area contributed by atoms with Crippen molar-refractivity contribution in [2.24, 2.45) is 11.8 Å². The van der Waals surface area contributed by atoms with Gasteiger partial charge in [-0.3, -0.25) is 9.69 Å². The van der Waals surface area contributed by atoms with E-state index in [0.29, 0.717) is 30.2 Å². The summed E-state index contributed by atoms with van der Waals surface area (Å²) in [7, 11) is 0. The van der Waals surface area contributed by atoms with Gasteiger partial charge in [-0.25, -0.2) is 0 Å². The second kappa shape index (κ2) is 9.50. The molecule has 2 N–H and O–H groups in total. The minimum Gasteiger partial charge on any atom is -0.504 e. The number of ether oxygens (including phenoxy) is 1. The van der Waals surface area contributed by atoms with E-state index in [9.17, 15) is 15.0 Å². The van der Waals surface area contributed by atoms with Gasteiger partial charge in [-0.1, -0.05) is 43.6 Å². The topological polar surface area (TPSA) is 73.2 Å². The molecule has 0 aromatic heterocycles. The van der Waals surface area contributed by atoms with Crippen molar-refractivity contribution in [3.63, 3.8) is 0 Å². The number of nitrogens with zero attached hydrogens (tertiary/aromatic N) is 2. The zero-order valence-electron chi connectivity index (χ0n) is 23.4. The molecule has 2 aromatic rings. The molecule has 2 saturated carbocycles. The molecule has 7 heteroatoms. The van der Waals surface area contributed by atoms with Crippen LogP contribution in [-0.2, 0) is 16.6 Å². The number of piperidine rings is 1. The van der Waals surface area contributed by atoms with E-state index in [0.717, 1.165) is 43.0 Å². The Kier molecular flexibility index (Phi) is 6.26. The number of carbonyl (C=O) groups is 1. The van der Waals surface area contributed by atoms with E-state index in [1.54, 1.807) is 12.1 Å². The van der Waals surface area contributed by atoms with Gasteiger partial charge in [0.05, 0.1) is 17.1 Å². The number of benzene rings is 2. The number of likely N-dealkylation sites (tertiary alicyclic amines) is 1. The van der Waals surface area contributed by atoms with Crippen molar-refractivity contribution in [1.82, 2.24) is 9.80 Å². The minimum atomic E-state index is -0.962. The van der Waals surface area contributed by atoms with E-state index in [4.69, 9.17) is 16.3 Å². The lowest BCUT2D eigenvalue weighted by atomic mass is 9.48. The molecular formula is C33H39ClN2O4. The Morgan fingerprint density at radius 1 is 1.23 bits per heavy atom. The molecule has 1 spiro atoms. The molecule has 212 valence electrons. The van der Waals surface area contributed by atoms with Gasteiger partial charge >= 0.3 is 0 Å². The summed E-state index contributed by atoms with van der Waals surface area (Å²) in [6.45, 7) is 6.78. The molecule has 1 amide bonds. The number of halogens is 1. The molecule has 0 radical (unpaired) electrons. The Hall–Kier alpha value is -2.54. The molecular weight excluding hydrogens is 524 g/mol. The van der Waals surface area contributed by atoms with Crippen LogP contribution >= 0.6 is 11.6 Å². The van der Waals surface area contributed by atoms with Crippen molar-refractivity contribution in [3.8, 4) is 11.5 Å². The van der Waals surface area contributed by atoms with Crippen LogP contribution in [0.3, 0.4) is 0 Å². The van der Waals surface area contributed by atoms with E-state index < -0.39 is 17.1 Å². The first-order valence-corrected chi connectivity index (χ1v) is 15.3. The quantitative estimate of drug-likeness (QED) is 0.455. The normalized spacial score (nSPS) is 32.3. The van der Waals surface area contributed by atoms with Gasteiger partial charge in [-0.2, -0.15) is 0 Å². The van der Waals surface area contributed by atoms with E-state index in [2.05, 4.69) is 18.7 Å². The van der Waals surface area contributed by atoms with Gasteiger partial charge in [0.15, 0.2) is 11.5 Å². The average molecular weight is 563 g/mol.